The molecule has 1 aromatic carbocycles. The summed E-state index contributed by atoms with van der Waals surface area (Å²) in [5.41, 5.74) is 0.254. The van der Waals surface area contributed by atoms with Gasteiger partial charge in [-0.3, -0.25) is 4.79 Å². The Balaban J connectivity index is 2.23. The van der Waals surface area contributed by atoms with Crippen molar-refractivity contribution in [2.75, 3.05) is 13.1 Å². The summed E-state index contributed by atoms with van der Waals surface area (Å²) in [6.07, 6.45) is 2.32. The van der Waals surface area contributed by atoms with Gasteiger partial charge in [0.05, 0.1) is 4.90 Å². The molecule has 1 aromatic rings. The van der Waals surface area contributed by atoms with Gasteiger partial charge >= 0.3 is 0 Å². The van der Waals surface area contributed by atoms with Gasteiger partial charge in [-0.15, -0.1) is 0 Å². The Bertz CT molecular complexity index is 698. The number of carbonyl (C=O) groups is 1. The number of nitrogens with zero attached hydrogens (tertiary/aromatic N) is 1. The minimum atomic E-state index is -3.88. The molecule has 0 spiro atoms. The maximum absolute atomic E-state index is 13.4. The average molecular weight is 356 g/mol. The van der Waals surface area contributed by atoms with Crippen LogP contribution in [0.3, 0.4) is 0 Å². The molecule has 0 aromatic heterocycles. The topological polar surface area (TPSA) is 66.5 Å². The molecule has 1 amide bonds. The van der Waals surface area contributed by atoms with Gasteiger partial charge in [0.25, 0.3) is 0 Å². The zero-order valence-electron chi connectivity index (χ0n) is 14.4. The van der Waals surface area contributed by atoms with Crippen molar-refractivity contribution in [1.82, 2.24) is 9.62 Å². The molecule has 0 aliphatic carbocycles. The fourth-order valence-electron chi connectivity index (χ4n) is 2.87. The van der Waals surface area contributed by atoms with Gasteiger partial charge in [0.1, 0.15) is 11.9 Å². The molecule has 0 bridgehead atoms. The minimum absolute atomic E-state index is 0.0237. The lowest BCUT2D eigenvalue weighted by molar-refractivity contribution is -0.132. The van der Waals surface area contributed by atoms with Crippen LogP contribution in [0.1, 0.15) is 38.7 Å². The fourth-order valence-corrected chi connectivity index (χ4v) is 4.16. The van der Waals surface area contributed by atoms with Gasteiger partial charge in [-0.2, -0.15) is 4.72 Å². The number of rotatable bonds is 6. The molecule has 1 fully saturated rings. The van der Waals surface area contributed by atoms with Crippen LogP contribution in [0.5, 0.6) is 0 Å². The molecule has 1 atom stereocenters. The molecule has 1 saturated heterocycles. The van der Waals surface area contributed by atoms with Gasteiger partial charge in [0, 0.05) is 13.1 Å². The first-order chi connectivity index (χ1) is 11.2. The van der Waals surface area contributed by atoms with Gasteiger partial charge in [0.2, 0.25) is 15.9 Å². The summed E-state index contributed by atoms with van der Waals surface area (Å²) in [5.74, 6) is -0.469. The standard InChI is InChI=1S/C17H25FN2O3S/c1-12(2)10-16(17(21)20-8-4-5-9-20)19-24(22,23)14-6-7-15(18)13(3)11-14/h6-7,11-12,16,19H,4-5,8-10H2,1-3H3/t16-/m0/s1. The number of likely N-dealkylation sites (tertiary alicyclic amines) is 1. The highest BCUT2D eigenvalue weighted by Crippen LogP contribution is 2.18. The molecule has 5 nitrogen and oxygen atoms in total. The quantitative estimate of drug-likeness (QED) is 0.851. The van der Waals surface area contributed by atoms with E-state index in [-0.39, 0.29) is 22.3 Å². The molecule has 1 aliphatic rings. The van der Waals surface area contributed by atoms with Crippen LogP contribution < -0.4 is 4.72 Å². The first kappa shape index (κ1) is 18.9. The van der Waals surface area contributed by atoms with Crippen molar-refractivity contribution in [3.63, 3.8) is 0 Å². The van der Waals surface area contributed by atoms with Crippen molar-refractivity contribution in [3.8, 4) is 0 Å². The third-order valence-corrected chi connectivity index (χ3v) is 5.63. The molecule has 134 valence electrons. The third-order valence-electron chi connectivity index (χ3n) is 4.16. The van der Waals surface area contributed by atoms with E-state index < -0.39 is 21.9 Å². The highest BCUT2D eigenvalue weighted by molar-refractivity contribution is 7.89. The van der Waals surface area contributed by atoms with Crippen LogP contribution in [0.25, 0.3) is 0 Å². The summed E-state index contributed by atoms with van der Waals surface area (Å²) < 4.78 is 41.1. The monoisotopic (exact) mass is 356 g/mol. The summed E-state index contributed by atoms with van der Waals surface area (Å²) in [4.78, 5) is 14.3. The first-order valence-electron chi connectivity index (χ1n) is 8.28. The molecule has 0 unspecified atom stereocenters. The summed E-state index contributed by atoms with van der Waals surface area (Å²) >= 11 is 0. The predicted molar refractivity (Wildman–Crippen MR) is 90.5 cm³/mol. The molecule has 1 heterocycles. The largest absolute Gasteiger partial charge is 0.341 e. The van der Waals surface area contributed by atoms with Gasteiger partial charge in [-0.05, 0) is 55.9 Å². The number of hydrogen-bond acceptors (Lipinski definition) is 3. The Morgan fingerprint density at radius 1 is 1.29 bits per heavy atom. The lowest BCUT2D eigenvalue weighted by Gasteiger charge is -2.25. The molecule has 0 radical (unpaired) electrons. The van der Waals surface area contributed by atoms with Crippen molar-refractivity contribution in [3.05, 3.63) is 29.6 Å². The number of carbonyl (C=O) groups excluding carboxylic acids is 1. The molecule has 7 heteroatoms. The number of aryl methyl sites for hydroxylation is 1. The van der Waals surface area contributed by atoms with E-state index >= 15 is 0 Å². The second-order valence-electron chi connectivity index (χ2n) is 6.75. The average Bonchev–Trinajstić information content (AvgIpc) is 3.02. The van der Waals surface area contributed by atoms with E-state index in [1.54, 1.807) is 4.90 Å². The maximum atomic E-state index is 13.4. The van der Waals surface area contributed by atoms with Crippen LogP contribution in [0.4, 0.5) is 4.39 Å². The van der Waals surface area contributed by atoms with E-state index in [0.717, 1.165) is 18.9 Å². The van der Waals surface area contributed by atoms with E-state index in [1.165, 1.54) is 19.1 Å². The maximum Gasteiger partial charge on any atom is 0.241 e. The summed E-state index contributed by atoms with van der Waals surface area (Å²) in [7, 11) is -3.88. The zero-order chi connectivity index (χ0) is 17.9. The number of nitrogens with one attached hydrogen (secondary N) is 1. The van der Waals surface area contributed by atoms with Crippen LogP contribution in [-0.4, -0.2) is 38.4 Å². The Hall–Kier alpha value is -1.47. The summed E-state index contributed by atoms with van der Waals surface area (Å²) in [6.45, 7) is 6.74. The predicted octanol–water partition coefficient (Wildman–Crippen LogP) is 2.45. The van der Waals surface area contributed by atoms with Crippen molar-refractivity contribution >= 4 is 15.9 Å². The first-order valence-corrected chi connectivity index (χ1v) is 9.76. The number of sulfonamides is 1. The molecular formula is C17H25FN2O3S. The van der Waals surface area contributed by atoms with Crippen LogP contribution in [0.15, 0.2) is 23.1 Å². The van der Waals surface area contributed by atoms with Gasteiger partial charge in [-0.25, -0.2) is 12.8 Å². The highest BCUT2D eigenvalue weighted by Gasteiger charge is 2.31. The molecule has 0 saturated carbocycles. The van der Waals surface area contributed by atoms with Crippen LogP contribution in [0.2, 0.25) is 0 Å². The molecular weight excluding hydrogens is 331 g/mol. The van der Waals surface area contributed by atoms with Crippen LogP contribution in [0, 0.1) is 18.7 Å². The SMILES string of the molecule is Cc1cc(S(=O)(=O)N[C@@H](CC(C)C)C(=O)N2CCCC2)ccc1F. The lowest BCUT2D eigenvalue weighted by Crippen LogP contribution is -2.48. The second-order valence-corrected chi connectivity index (χ2v) is 8.46. The van der Waals surface area contributed by atoms with E-state index in [1.807, 2.05) is 13.8 Å². The number of hydrogen-bond donors (Lipinski definition) is 1. The smallest absolute Gasteiger partial charge is 0.241 e. The molecule has 24 heavy (non-hydrogen) atoms. The van der Waals surface area contributed by atoms with Crippen LogP contribution >= 0.6 is 0 Å². The Morgan fingerprint density at radius 3 is 2.46 bits per heavy atom. The minimum Gasteiger partial charge on any atom is -0.341 e. The Morgan fingerprint density at radius 2 is 1.92 bits per heavy atom. The molecule has 2 rings (SSSR count). The van der Waals surface area contributed by atoms with E-state index in [2.05, 4.69) is 4.72 Å². The summed E-state index contributed by atoms with van der Waals surface area (Å²) in [5, 5.41) is 0. The van der Waals surface area contributed by atoms with Crippen molar-refractivity contribution in [2.45, 2.75) is 51.0 Å². The van der Waals surface area contributed by atoms with Crippen molar-refractivity contribution in [1.29, 1.82) is 0 Å². The fraction of sp³-hybridized carbons (Fsp3) is 0.588. The van der Waals surface area contributed by atoms with E-state index in [4.69, 9.17) is 0 Å². The Labute approximate surface area is 143 Å². The molecule has 1 N–H and O–H groups in total. The zero-order valence-corrected chi connectivity index (χ0v) is 15.2. The highest BCUT2D eigenvalue weighted by atomic mass is 32.2. The second kappa shape index (κ2) is 7.61. The van der Waals surface area contributed by atoms with Crippen molar-refractivity contribution in [2.24, 2.45) is 5.92 Å². The normalized spacial score (nSPS) is 16.6. The van der Waals surface area contributed by atoms with Gasteiger partial charge in [0.15, 0.2) is 0 Å². The van der Waals surface area contributed by atoms with E-state index in [9.17, 15) is 17.6 Å². The number of benzene rings is 1. The summed E-state index contributed by atoms with van der Waals surface area (Å²) in [6, 6.07) is 2.84. The van der Waals surface area contributed by atoms with E-state index in [0.29, 0.717) is 19.5 Å². The molecule has 1 aliphatic heterocycles. The number of halogens is 1. The Kier molecular flexibility index (Phi) is 5.98. The van der Waals surface area contributed by atoms with Gasteiger partial charge in [-0.1, -0.05) is 13.8 Å². The van der Waals surface area contributed by atoms with Gasteiger partial charge < -0.3 is 4.90 Å². The van der Waals surface area contributed by atoms with Crippen molar-refractivity contribution < 1.29 is 17.6 Å². The third kappa shape index (κ3) is 4.54. The number of amides is 1. The van der Waals surface area contributed by atoms with Crippen LogP contribution in [-0.2, 0) is 14.8 Å². The lowest BCUT2D eigenvalue weighted by atomic mass is 10.0.